The summed E-state index contributed by atoms with van der Waals surface area (Å²) in [6.07, 6.45) is 1.65. The Bertz CT molecular complexity index is 770. The van der Waals surface area contributed by atoms with Crippen molar-refractivity contribution in [3.05, 3.63) is 52.0 Å². The number of aryl methyl sites for hydroxylation is 1. The smallest absolute Gasteiger partial charge is 0.162 e. The first kappa shape index (κ1) is 14.3. The average molecular weight is 323 g/mol. The maximum Gasteiger partial charge on any atom is 0.162 e. The third-order valence-corrected chi connectivity index (χ3v) is 3.55. The maximum atomic E-state index is 6.11. The van der Waals surface area contributed by atoms with E-state index in [4.69, 9.17) is 27.9 Å². The standard InChI is InChI=1S/C14H12Cl2N4O/c1-20-14-11(6-17-20)13(16)18-12(19-14)8-21-7-9-2-4-10(15)5-3-9/h2-6H,7-8H2,1H3. The molecular formula is C14H12Cl2N4O. The highest BCUT2D eigenvalue weighted by molar-refractivity contribution is 6.33. The van der Waals surface area contributed by atoms with Crippen LogP contribution in [0.2, 0.25) is 10.2 Å². The third-order valence-electron chi connectivity index (χ3n) is 3.01. The summed E-state index contributed by atoms with van der Waals surface area (Å²) in [5, 5.41) is 5.94. The molecule has 0 unspecified atom stereocenters. The van der Waals surface area contributed by atoms with Gasteiger partial charge in [0, 0.05) is 12.1 Å². The number of halogens is 2. The minimum absolute atomic E-state index is 0.281. The van der Waals surface area contributed by atoms with Crippen molar-refractivity contribution in [3.63, 3.8) is 0 Å². The monoisotopic (exact) mass is 322 g/mol. The lowest BCUT2D eigenvalue weighted by Gasteiger charge is -2.05. The van der Waals surface area contributed by atoms with Gasteiger partial charge in [-0.05, 0) is 17.7 Å². The maximum absolute atomic E-state index is 6.11. The van der Waals surface area contributed by atoms with Crippen LogP contribution in [0.15, 0.2) is 30.5 Å². The molecule has 2 heterocycles. The summed E-state index contributed by atoms with van der Waals surface area (Å²) in [5.74, 6) is 0.532. The Balaban J connectivity index is 1.70. The Labute approximate surface area is 131 Å². The zero-order valence-electron chi connectivity index (χ0n) is 11.3. The predicted octanol–water partition coefficient (Wildman–Crippen LogP) is 3.39. The van der Waals surface area contributed by atoms with Crippen LogP contribution < -0.4 is 0 Å². The number of benzene rings is 1. The molecule has 21 heavy (non-hydrogen) atoms. The van der Waals surface area contributed by atoms with Gasteiger partial charge in [0.25, 0.3) is 0 Å². The fourth-order valence-corrected chi connectivity index (χ4v) is 2.29. The minimum Gasteiger partial charge on any atom is -0.369 e. The van der Waals surface area contributed by atoms with Crippen LogP contribution in [-0.2, 0) is 25.0 Å². The molecule has 7 heteroatoms. The SMILES string of the molecule is Cn1ncc2c(Cl)nc(COCc3ccc(Cl)cc3)nc21. The largest absolute Gasteiger partial charge is 0.369 e. The number of aromatic nitrogens is 4. The van der Waals surface area contributed by atoms with Gasteiger partial charge in [-0.25, -0.2) is 9.97 Å². The Morgan fingerprint density at radius 3 is 2.62 bits per heavy atom. The number of ether oxygens (including phenoxy) is 1. The van der Waals surface area contributed by atoms with Gasteiger partial charge >= 0.3 is 0 Å². The molecule has 1 aromatic carbocycles. The number of fused-ring (bicyclic) bond motifs is 1. The van der Waals surface area contributed by atoms with Crippen LogP contribution in [0.4, 0.5) is 0 Å². The van der Waals surface area contributed by atoms with Crippen LogP contribution >= 0.6 is 23.2 Å². The molecule has 0 fully saturated rings. The number of rotatable bonds is 4. The molecule has 0 amide bonds. The summed E-state index contributed by atoms with van der Waals surface area (Å²) in [6, 6.07) is 7.49. The lowest BCUT2D eigenvalue weighted by atomic mass is 10.2. The molecule has 5 nitrogen and oxygen atoms in total. The molecule has 0 aliphatic heterocycles. The lowest BCUT2D eigenvalue weighted by Crippen LogP contribution is -2.02. The zero-order chi connectivity index (χ0) is 14.8. The van der Waals surface area contributed by atoms with Gasteiger partial charge < -0.3 is 4.74 Å². The van der Waals surface area contributed by atoms with Gasteiger partial charge in [0.1, 0.15) is 11.8 Å². The van der Waals surface area contributed by atoms with E-state index in [2.05, 4.69) is 15.1 Å². The van der Waals surface area contributed by atoms with E-state index >= 15 is 0 Å². The molecule has 0 saturated carbocycles. The first-order chi connectivity index (χ1) is 10.1. The number of hydrogen-bond donors (Lipinski definition) is 0. The molecule has 0 N–H and O–H groups in total. The summed E-state index contributed by atoms with van der Waals surface area (Å²) in [4.78, 5) is 8.61. The number of nitrogens with zero attached hydrogens (tertiary/aromatic N) is 4. The van der Waals surface area contributed by atoms with Crippen LogP contribution in [0, 0.1) is 0 Å². The molecular weight excluding hydrogens is 311 g/mol. The molecule has 3 aromatic rings. The molecule has 0 saturated heterocycles. The van der Waals surface area contributed by atoms with Gasteiger partial charge in [-0.1, -0.05) is 35.3 Å². The predicted molar refractivity (Wildman–Crippen MR) is 81.3 cm³/mol. The molecule has 2 aromatic heterocycles. The van der Waals surface area contributed by atoms with E-state index in [1.54, 1.807) is 10.9 Å². The second-order valence-electron chi connectivity index (χ2n) is 4.56. The molecule has 0 aliphatic rings. The van der Waals surface area contributed by atoms with Crippen LogP contribution in [0.25, 0.3) is 11.0 Å². The Kier molecular flexibility index (Phi) is 4.05. The van der Waals surface area contributed by atoms with Crippen molar-refractivity contribution in [1.29, 1.82) is 0 Å². The zero-order valence-corrected chi connectivity index (χ0v) is 12.8. The van der Waals surface area contributed by atoms with Crippen molar-refractivity contribution >= 4 is 34.2 Å². The Morgan fingerprint density at radius 2 is 1.86 bits per heavy atom. The highest BCUT2D eigenvalue weighted by Gasteiger charge is 2.09. The number of hydrogen-bond acceptors (Lipinski definition) is 4. The summed E-state index contributed by atoms with van der Waals surface area (Å²) >= 11 is 11.9. The summed E-state index contributed by atoms with van der Waals surface area (Å²) < 4.78 is 7.27. The normalized spacial score (nSPS) is 11.2. The van der Waals surface area contributed by atoms with E-state index < -0.39 is 0 Å². The van der Waals surface area contributed by atoms with E-state index in [1.165, 1.54) is 0 Å². The quantitative estimate of drug-likeness (QED) is 0.691. The van der Waals surface area contributed by atoms with E-state index in [0.29, 0.717) is 28.3 Å². The first-order valence-corrected chi connectivity index (χ1v) is 7.05. The molecule has 0 spiro atoms. The van der Waals surface area contributed by atoms with Gasteiger partial charge in [-0.15, -0.1) is 0 Å². The Morgan fingerprint density at radius 1 is 1.10 bits per heavy atom. The molecule has 3 rings (SSSR count). The van der Waals surface area contributed by atoms with Crippen LogP contribution in [-0.4, -0.2) is 19.7 Å². The average Bonchev–Trinajstić information content (AvgIpc) is 2.83. The van der Waals surface area contributed by atoms with Crippen molar-refractivity contribution in [2.45, 2.75) is 13.2 Å². The van der Waals surface area contributed by atoms with Gasteiger partial charge in [0.15, 0.2) is 11.5 Å². The van der Waals surface area contributed by atoms with Gasteiger partial charge in [0.05, 0.1) is 18.2 Å². The first-order valence-electron chi connectivity index (χ1n) is 6.30. The second kappa shape index (κ2) is 5.97. The van der Waals surface area contributed by atoms with Crippen molar-refractivity contribution in [3.8, 4) is 0 Å². The van der Waals surface area contributed by atoms with Crippen molar-refractivity contribution in [2.75, 3.05) is 0 Å². The van der Waals surface area contributed by atoms with Crippen molar-refractivity contribution in [1.82, 2.24) is 19.7 Å². The summed E-state index contributed by atoms with van der Waals surface area (Å²) in [6.45, 7) is 0.741. The van der Waals surface area contributed by atoms with Gasteiger partial charge in [-0.3, -0.25) is 4.68 Å². The molecule has 0 aliphatic carbocycles. The van der Waals surface area contributed by atoms with Gasteiger partial charge in [-0.2, -0.15) is 5.10 Å². The van der Waals surface area contributed by atoms with Crippen molar-refractivity contribution in [2.24, 2.45) is 7.05 Å². The van der Waals surface area contributed by atoms with E-state index in [1.807, 2.05) is 31.3 Å². The van der Waals surface area contributed by atoms with E-state index in [9.17, 15) is 0 Å². The van der Waals surface area contributed by atoms with E-state index in [0.717, 1.165) is 10.9 Å². The highest BCUT2D eigenvalue weighted by atomic mass is 35.5. The van der Waals surface area contributed by atoms with Crippen LogP contribution in [0.1, 0.15) is 11.4 Å². The van der Waals surface area contributed by atoms with Gasteiger partial charge in [0.2, 0.25) is 0 Å². The fourth-order valence-electron chi connectivity index (χ4n) is 1.94. The van der Waals surface area contributed by atoms with Crippen LogP contribution in [0.3, 0.4) is 0 Å². The fraction of sp³-hybridized carbons (Fsp3) is 0.214. The lowest BCUT2D eigenvalue weighted by molar-refractivity contribution is 0.102. The Hall–Kier alpha value is -1.69. The molecule has 0 radical (unpaired) electrons. The topological polar surface area (TPSA) is 52.8 Å². The van der Waals surface area contributed by atoms with Crippen LogP contribution in [0.5, 0.6) is 0 Å². The minimum atomic E-state index is 0.281. The van der Waals surface area contributed by atoms with Crippen molar-refractivity contribution < 1.29 is 4.74 Å². The molecule has 0 atom stereocenters. The summed E-state index contributed by atoms with van der Waals surface area (Å²) in [5.41, 5.74) is 1.73. The molecule has 0 bridgehead atoms. The summed E-state index contributed by atoms with van der Waals surface area (Å²) in [7, 11) is 1.81. The second-order valence-corrected chi connectivity index (χ2v) is 5.35. The third kappa shape index (κ3) is 3.15. The highest BCUT2D eigenvalue weighted by Crippen LogP contribution is 2.19. The molecule has 108 valence electrons. The van der Waals surface area contributed by atoms with E-state index in [-0.39, 0.29) is 6.61 Å².